The topological polar surface area (TPSA) is 124 Å². The van der Waals surface area contributed by atoms with Gasteiger partial charge >= 0.3 is 5.97 Å². The monoisotopic (exact) mass is 389 g/mol. The van der Waals surface area contributed by atoms with Crippen LogP contribution in [0.15, 0.2) is 36.5 Å². The van der Waals surface area contributed by atoms with Crippen LogP contribution < -0.4 is 10.6 Å². The lowest BCUT2D eigenvalue weighted by atomic mass is 10.1. The van der Waals surface area contributed by atoms with Gasteiger partial charge in [-0.15, -0.1) is 5.10 Å². The van der Waals surface area contributed by atoms with Crippen molar-refractivity contribution in [2.45, 2.75) is 19.4 Å². The van der Waals surface area contributed by atoms with Crippen molar-refractivity contribution >= 4 is 23.5 Å². The van der Waals surface area contributed by atoms with Crippen LogP contribution in [0.1, 0.15) is 29.9 Å². The van der Waals surface area contributed by atoms with Crippen LogP contribution in [-0.4, -0.2) is 59.6 Å². The van der Waals surface area contributed by atoms with Crippen LogP contribution in [0, 0.1) is 0 Å². The first-order valence-corrected chi connectivity index (χ1v) is 8.75. The maximum atomic E-state index is 12.6. The first-order valence-electron chi connectivity index (χ1n) is 8.75. The van der Waals surface area contributed by atoms with Gasteiger partial charge in [0.25, 0.3) is 0 Å². The summed E-state index contributed by atoms with van der Waals surface area (Å²) in [5, 5.41) is 12.9. The Labute approximate surface area is 162 Å². The molecule has 0 aliphatic rings. The fourth-order valence-corrected chi connectivity index (χ4v) is 2.34. The molecule has 2 amide bonds. The number of carbonyl (C=O) groups excluding carboxylic acids is 3. The van der Waals surface area contributed by atoms with E-state index in [1.165, 1.54) is 18.0 Å². The molecule has 0 bridgehead atoms. The number of para-hydroxylation sites is 1. The number of ether oxygens (including phenoxy) is 2. The molecule has 2 N–H and O–H groups in total. The molecule has 10 heteroatoms. The van der Waals surface area contributed by atoms with Gasteiger partial charge in [0.2, 0.25) is 11.8 Å². The number of aromatic nitrogens is 3. The summed E-state index contributed by atoms with van der Waals surface area (Å²) in [7, 11) is 1.51. The summed E-state index contributed by atoms with van der Waals surface area (Å²) in [6.45, 7) is 2.44. The van der Waals surface area contributed by atoms with Gasteiger partial charge in [-0.2, -0.15) is 0 Å². The summed E-state index contributed by atoms with van der Waals surface area (Å²) >= 11 is 0. The molecule has 0 aliphatic heterocycles. The molecule has 1 aromatic heterocycles. The van der Waals surface area contributed by atoms with E-state index >= 15 is 0 Å². The van der Waals surface area contributed by atoms with Gasteiger partial charge in [-0.1, -0.05) is 23.4 Å². The Morgan fingerprint density at radius 1 is 1.21 bits per heavy atom. The normalized spacial score (nSPS) is 11.5. The third kappa shape index (κ3) is 6.16. The largest absolute Gasteiger partial charge is 0.461 e. The number of benzene rings is 1. The van der Waals surface area contributed by atoms with Crippen molar-refractivity contribution in [1.29, 1.82) is 0 Å². The minimum absolute atomic E-state index is 0.0417. The molecule has 1 heterocycles. The first-order chi connectivity index (χ1) is 13.5. The molecule has 0 saturated carbocycles. The molecule has 0 aliphatic carbocycles. The van der Waals surface area contributed by atoms with Crippen LogP contribution in [0.3, 0.4) is 0 Å². The van der Waals surface area contributed by atoms with E-state index in [4.69, 9.17) is 9.47 Å². The zero-order valence-electron chi connectivity index (χ0n) is 15.8. The third-order valence-electron chi connectivity index (χ3n) is 3.66. The number of rotatable bonds is 10. The quantitative estimate of drug-likeness (QED) is 0.455. The molecule has 0 radical (unpaired) electrons. The van der Waals surface area contributed by atoms with E-state index in [2.05, 4.69) is 20.9 Å². The van der Waals surface area contributed by atoms with Crippen molar-refractivity contribution in [1.82, 2.24) is 20.3 Å². The van der Waals surface area contributed by atoms with E-state index in [1.54, 1.807) is 31.2 Å². The maximum Gasteiger partial charge on any atom is 0.360 e. The Balaban J connectivity index is 2.13. The van der Waals surface area contributed by atoms with Crippen molar-refractivity contribution in [3.05, 3.63) is 42.2 Å². The number of hydrogen-bond acceptors (Lipinski definition) is 7. The van der Waals surface area contributed by atoms with Crippen LogP contribution in [-0.2, 0) is 19.1 Å². The summed E-state index contributed by atoms with van der Waals surface area (Å²) in [6.07, 6.45) is 1.09. The molecule has 10 nitrogen and oxygen atoms in total. The highest BCUT2D eigenvalue weighted by atomic mass is 16.5. The molecule has 0 spiro atoms. The number of esters is 1. The van der Waals surface area contributed by atoms with Crippen molar-refractivity contribution in [3.8, 4) is 0 Å². The van der Waals surface area contributed by atoms with Gasteiger partial charge in [-0.3, -0.25) is 9.59 Å². The molecule has 1 atom stereocenters. The average Bonchev–Trinajstić information content (AvgIpc) is 3.17. The standard InChI is InChI=1S/C18H23N5O5/c1-3-28-18(26)14-12-23(22-21-14)15(17(25)19-9-10-27-2)11-16(24)20-13-7-5-4-6-8-13/h4-8,12,15H,3,9-11H2,1-2H3,(H,19,25)(H,20,24)/t15-/m0/s1. The molecule has 0 fully saturated rings. The lowest BCUT2D eigenvalue weighted by molar-refractivity contribution is -0.128. The fraction of sp³-hybridized carbons (Fsp3) is 0.389. The number of methoxy groups -OCH3 is 1. The predicted molar refractivity (Wildman–Crippen MR) is 99.6 cm³/mol. The van der Waals surface area contributed by atoms with Crippen molar-refractivity contribution < 1.29 is 23.9 Å². The van der Waals surface area contributed by atoms with Gasteiger partial charge in [0.05, 0.1) is 25.8 Å². The number of carbonyl (C=O) groups is 3. The van der Waals surface area contributed by atoms with E-state index in [0.717, 1.165) is 0 Å². The van der Waals surface area contributed by atoms with Crippen LogP contribution >= 0.6 is 0 Å². The number of amides is 2. The Bertz CT molecular complexity index is 793. The smallest absolute Gasteiger partial charge is 0.360 e. The van der Waals surface area contributed by atoms with Gasteiger partial charge in [-0.25, -0.2) is 9.48 Å². The Hall–Kier alpha value is -3.27. The van der Waals surface area contributed by atoms with E-state index in [9.17, 15) is 14.4 Å². The number of hydrogen-bond donors (Lipinski definition) is 2. The third-order valence-corrected chi connectivity index (χ3v) is 3.66. The summed E-state index contributed by atoms with van der Waals surface area (Å²) in [4.78, 5) is 36.8. The van der Waals surface area contributed by atoms with Crippen LogP contribution in [0.2, 0.25) is 0 Å². The van der Waals surface area contributed by atoms with Crippen LogP contribution in [0.4, 0.5) is 5.69 Å². The van der Waals surface area contributed by atoms with Crippen molar-refractivity contribution in [2.75, 3.05) is 32.2 Å². The second-order valence-electron chi connectivity index (χ2n) is 5.72. The summed E-state index contributed by atoms with van der Waals surface area (Å²) < 4.78 is 11.0. The second kappa shape index (κ2) is 10.8. The lowest BCUT2D eigenvalue weighted by Gasteiger charge is -2.16. The summed E-state index contributed by atoms with van der Waals surface area (Å²) in [6, 6.07) is 7.88. The SMILES string of the molecule is CCOC(=O)c1cn([C@@H](CC(=O)Nc2ccccc2)C(=O)NCCOC)nn1. The molecule has 0 unspecified atom stereocenters. The highest BCUT2D eigenvalue weighted by molar-refractivity contribution is 5.94. The molecule has 1 aromatic carbocycles. The summed E-state index contributed by atoms with van der Waals surface area (Å²) in [5.74, 6) is -1.48. The minimum atomic E-state index is -0.990. The van der Waals surface area contributed by atoms with Crippen molar-refractivity contribution in [3.63, 3.8) is 0 Å². The Morgan fingerprint density at radius 2 is 1.96 bits per heavy atom. The Morgan fingerprint density at radius 3 is 2.64 bits per heavy atom. The van der Waals surface area contributed by atoms with E-state index in [1.807, 2.05) is 6.07 Å². The van der Waals surface area contributed by atoms with Crippen LogP contribution in [0.25, 0.3) is 0 Å². The fourth-order valence-electron chi connectivity index (χ4n) is 2.34. The van der Waals surface area contributed by atoms with E-state index in [0.29, 0.717) is 12.3 Å². The van der Waals surface area contributed by atoms with Gasteiger partial charge in [0, 0.05) is 19.3 Å². The molecule has 0 saturated heterocycles. The van der Waals surface area contributed by atoms with Gasteiger partial charge in [-0.05, 0) is 19.1 Å². The van der Waals surface area contributed by atoms with Gasteiger partial charge in [0.1, 0.15) is 6.04 Å². The molecule has 2 aromatic rings. The van der Waals surface area contributed by atoms with Gasteiger partial charge < -0.3 is 20.1 Å². The minimum Gasteiger partial charge on any atom is -0.461 e. The number of nitrogens with one attached hydrogen (secondary N) is 2. The molecule has 2 rings (SSSR count). The lowest BCUT2D eigenvalue weighted by Crippen LogP contribution is -2.36. The molecule has 150 valence electrons. The number of nitrogens with zero attached hydrogens (tertiary/aromatic N) is 3. The van der Waals surface area contributed by atoms with E-state index in [-0.39, 0.29) is 31.2 Å². The van der Waals surface area contributed by atoms with Crippen molar-refractivity contribution in [2.24, 2.45) is 0 Å². The highest BCUT2D eigenvalue weighted by Gasteiger charge is 2.26. The number of anilines is 1. The highest BCUT2D eigenvalue weighted by Crippen LogP contribution is 2.14. The zero-order valence-corrected chi connectivity index (χ0v) is 15.8. The summed E-state index contributed by atoms with van der Waals surface area (Å²) in [5.41, 5.74) is 0.567. The Kier molecular flexibility index (Phi) is 8.10. The molecular weight excluding hydrogens is 366 g/mol. The predicted octanol–water partition coefficient (Wildman–Crippen LogP) is 0.787. The molecular formula is C18H23N5O5. The van der Waals surface area contributed by atoms with Crippen LogP contribution in [0.5, 0.6) is 0 Å². The maximum absolute atomic E-state index is 12.6. The average molecular weight is 389 g/mol. The zero-order chi connectivity index (χ0) is 20.4. The van der Waals surface area contributed by atoms with E-state index < -0.39 is 17.9 Å². The second-order valence-corrected chi connectivity index (χ2v) is 5.72. The molecule has 28 heavy (non-hydrogen) atoms. The van der Waals surface area contributed by atoms with Gasteiger partial charge in [0.15, 0.2) is 5.69 Å². The first kappa shape index (κ1) is 21.0.